The predicted octanol–water partition coefficient (Wildman–Crippen LogP) is 3.29. The van der Waals surface area contributed by atoms with Crippen molar-refractivity contribution < 1.29 is 31.5 Å². The lowest BCUT2D eigenvalue weighted by molar-refractivity contribution is -0.148. The molecule has 10 heteroatoms. The van der Waals surface area contributed by atoms with Gasteiger partial charge in [0.1, 0.15) is 17.2 Å². The van der Waals surface area contributed by atoms with Crippen LogP contribution in [0.15, 0.2) is 42.5 Å². The quantitative estimate of drug-likeness (QED) is 0.616. The zero-order valence-electron chi connectivity index (χ0n) is 18.9. The lowest BCUT2D eigenvalue weighted by Gasteiger charge is -2.33. The van der Waals surface area contributed by atoms with Crippen LogP contribution >= 0.6 is 0 Å². The second-order valence-electron chi connectivity index (χ2n) is 9.52. The fourth-order valence-electron chi connectivity index (χ4n) is 4.36. The molecule has 2 atom stereocenters. The van der Waals surface area contributed by atoms with E-state index in [1.807, 2.05) is 0 Å². The van der Waals surface area contributed by atoms with Crippen molar-refractivity contribution in [1.82, 2.24) is 9.62 Å². The molecular weight excluding hydrogens is 469 g/mol. The average Bonchev–Trinajstić information content (AvgIpc) is 3.41. The first-order valence-electron chi connectivity index (χ1n) is 11.1. The van der Waals surface area contributed by atoms with Gasteiger partial charge in [-0.1, -0.05) is 30.3 Å². The van der Waals surface area contributed by atoms with Gasteiger partial charge in [0.15, 0.2) is 0 Å². The number of nitrogens with zero attached hydrogens (tertiary/aromatic N) is 1. The maximum absolute atomic E-state index is 15.5. The molecule has 2 aliphatic rings. The lowest BCUT2D eigenvalue weighted by atomic mass is 9.95. The average molecular weight is 497 g/mol. The third-order valence-electron chi connectivity index (χ3n) is 6.40. The minimum atomic E-state index is -4.30. The summed E-state index contributed by atoms with van der Waals surface area (Å²) >= 11 is 0. The number of nitrogens with one attached hydrogen (secondary N) is 1. The molecule has 184 valence electrons. The fourth-order valence-corrected chi connectivity index (χ4v) is 5.88. The van der Waals surface area contributed by atoms with Crippen molar-refractivity contribution in [2.45, 2.75) is 62.2 Å². The molecule has 6 nitrogen and oxygen atoms in total. The van der Waals surface area contributed by atoms with Crippen LogP contribution in [0, 0.1) is 11.6 Å². The molecule has 1 aliphatic carbocycles. The lowest BCUT2D eigenvalue weighted by Crippen LogP contribution is -2.53. The Morgan fingerprint density at radius 3 is 2.50 bits per heavy atom. The molecule has 0 aromatic heterocycles. The normalized spacial score (nSPS) is 22.1. The topological polar surface area (TPSA) is 86.7 Å². The maximum Gasteiger partial charge on any atom is 0.254 e. The number of hydrogen-bond donors (Lipinski definition) is 2. The third kappa shape index (κ3) is 4.71. The summed E-state index contributed by atoms with van der Waals surface area (Å²) in [5.74, 6) is -1.78. The highest BCUT2D eigenvalue weighted by atomic mass is 32.2. The summed E-state index contributed by atoms with van der Waals surface area (Å²) in [6.07, 6.45) is -0.0943. The van der Waals surface area contributed by atoms with Gasteiger partial charge in [-0.3, -0.25) is 4.79 Å². The number of sulfonamides is 1. The van der Waals surface area contributed by atoms with Gasteiger partial charge in [0.25, 0.3) is 5.91 Å². The Kier molecular flexibility index (Phi) is 6.28. The highest BCUT2D eigenvalue weighted by molar-refractivity contribution is 7.91. The molecular formula is C24H27F3N2O4S. The minimum absolute atomic E-state index is 0.0801. The summed E-state index contributed by atoms with van der Waals surface area (Å²) in [4.78, 5) is 14.2. The molecule has 2 fully saturated rings. The van der Waals surface area contributed by atoms with E-state index >= 15 is 4.39 Å². The molecule has 1 saturated heterocycles. The summed E-state index contributed by atoms with van der Waals surface area (Å²) in [7, 11) is -4.30. The van der Waals surface area contributed by atoms with Crippen LogP contribution in [0.5, 0.6) is 0 Å². The Bertz CT molecular complexity index is 1210. The number of rotatable bonds is 7. The van der Waals surface area contributed by atoms with Gasteiger partial charge in [0.2, 0.25) is 15.0 Å². The van der Waals surface area contributed by atoms with E-state index in [0.29, 0.717) is 5.56 Å². The number of carbonyl (C=O) groups excluding carboxylic acids is 1. The Morgan fingerprint density at radius 1 is 1.21 bits per heavy atom. The van der Waals surface area contributed by atoms with Crippen molar-refractivity contribution in [2.75, 3.05) is 6.54 Å². The predicted molar refractivity (Wildman–Crippen MR) is 121 cm³/mol. The van der Waals surface area contributed by atoms with Gasteiger partial charge in [-0.2, -0.15) is 0 Å². The van der Waals surface area contributed by atoms with E-state index in [1.165, 1.54) is 49.1 Å². The Balaban J connectivity index is 1.68. The molecule has 1 aliphatic heterocycles. The summed E-state index contributed by atoms with van der Waals surface area (Å²) in [5, 5.41) is 7.94. The van der Waals surface area contributed by atoms with Crippen LogP contribution in [-0.2, 0) is 21.2 Å². The number of halogens is 3. The largest absolute Gasteiger partial charge is 0.381 e. The van der Waals surface area contributed by atoms with Gasteiger partial charge < -0.3 is 10.0 Å². The van der Waals surface area contributed by atoms with Crippen LogP contribution in [0.1, 0.15) is 38.7 Å². The fraction of sp³-hybridized carbons (Fsp3) is 0.458. The number of likely N-dealkylation sites (tertiary alicyclic amines) is 1. The molecule has 0 spiro atoms. The summed E-state index contributed by atoms with van der Waals surface area (Å²) in [6.45, 7) is 2.75. The number of carbonyl (C=O) groups is 1. The zero-order chi connectivity index (χ0) is 24.9. The molecule has 34 heavy (non-hydrogen) atoms. The van der Waals surface area contributed by atoms with Crippen LogP contribution in [0.25, 0.3) is 11.1 Å². The van der Waals surface area contributed by atoms with E-state index in [1.54, 1.807) is 12.1 Å². The zero-order valence-corrected chi connectivity index (χ0v) is 19.7. The van der Waals surface area contributed by atoms with E-state index in [-0.39, 0.29) is 43.4 Å². The van der Waals surface area contributed by atoms with Crippen LogP contribution in [-0.4, -0.2) is 53.6 Å². The van der Waals surface area contributed by atoms with Crippen molar-refractivity contribution in [1.29, 1.82) is 0 Å². The molecule has 0 unspecified atom stereocenters. The van der Waals surface area contributed by atoms with Crippen molar-refractivity contribution in [2.24, 2.45) is 0 Å². The highest BCUT2D eigenvalue weighted by Crippen LogP contribution is 2.45. The first-order chi connectivity index (χ1) is 15.8. The number of alkyl halides is 1. The van der Waals surface area contributed by atoms with Gasteiger partial charge in [-0.15, -0.1) is 0 Å². The van der Waals surface area contributed by atoms with Crippen LogP contribution in [0.4, 0.5) is 13.2 Å². The van der Waals surface area contributed by atoms with Gasteiger partial charge in [-0.25, -0.2) is 26.3 Å². The van der Waals surface area contributed by atoms with Gasteiger partial charge in [-0.05, 0) is 49.9 Å². The smallest absolute Gasteiger partial charge is 0.254 e. The minimum Gasteiger partial charge on any atom is -0.381 e. The molecule has 1 amide bonds. The first-order valence-corrected chi connectivity index (χ1v) is 12.6. The molecule has 2 aromatic rings. The van der Waals surface area contributed by atoms with E-state index in [4.69, 9.17) is 0 Å². The number of aliphatic hydroxyl groups is 1. The van der Waals surface area contributed by atoms with E-state index in [9.17, 15) is 27.1 Å². The molecule has 1 saturated carbocycles. The van der Waals surface area contributed by atoms with Crippen molar-refractivity contribution in [3.8, 4) is 11.1 Å². The van der Waals surface area contributed by atoms with E-state index < -0.39 is 50.3 Å². The number of benzene rings is 2. The van der Waals surface area contributed by atoms with Crippen molar-refractivity contribution in [3.05, 3.63) is 59.7 Å². The SMILES string of the molecule is CC(C)(O)C(=O)N1CC[C@H](NS(=O)(=O)C2(F)CC2)[C@@H]1Cc1cccc(-c2cccc(F)c2)c1F. The molecule has 2 N–H and O–H groups in total. The van der Waals surface area contributed by atoms with Gasteiger partial charge >= 0.3 is 0 Å². The Hall–Kier alpha value is -2.43. The molecule has 1 heterocycles. The maximum atomic E-state index is 15.5. The second-order valence-corrected chi connectivity index (χ2v) is 11.5. The second kappa shape index (κ2) is 8.66. The van der Waals surface area contributed by atoms with Gasteiger partial charge in [0, 0.05) is 31.0 Å². The summed E-state index contributed by atoms with van der Waals surface area (Å²) < 4.78 is 71.0. The van der Waals surface area contributed by atoms with E-state index in [2.05, 4.69) is 4.72 Å². The molecule has 4 rings (SSSR count). The summed E-state index contributed by atoms with van der Waals surface area (Å²) in [6, 6.07) is 8.37. The Morgan fingerprint density at radius 2 is 1.88 bits per heavy atom. The standard InChI is InChI=1S/C24H27F3N2O4S/c1-23(2,31)22(30)29-12-9-19(28-34(32,33)24(27)10-11-24)20(29)14-16-6-4-8-18(21(16)26)15-5-3-7-17(25)13-15/h3-8,13,19-20,28,31H,9-12,14H2,1-2H3/t19-,20-/m0/s1. The molecule has 0 radical (unpaired) electrons. The summed E-state index contributed by atoms with van der Waals surface area (Å²) in [5.41, 5.74) is -1.05. The monoisotopic (exact) mass is 496 g/mol. The first kappa shape index (κ1) is 24.7. The van der Waals surface area contributed by atoms with E-state index in [0.717, 1.165) is 0 Å². The molecule has 0 bridgehead atoms. The number of hydrogen-bond acceptors (Lipinski definition) is 4. The number of amides is 1. The van der Waals surface area contributed by atoms with Crippen LogP contribution < -0.4 is 4.72 Å². The third-order valence-corrected chi connectivity index (χ3v) is 8.39. The highest BCUT2D eigenvalue weighted by Gasteiger charge is 2.57. The van der Waals surface area contributed by atoms with Crippen LogP contribution in [0.2, 0.25) is 0 Å². The Labute approximate surface area is 196 Å². The van der Waals surface area contributed by atoms with Crippen molar-refractivity contribution in [3.63, 3.8) is 0 Å². The van der Waals surface area contributed by atoms with Crippen molar-refractivity contribution >= 4 is 15.9 Å². The molecule has 2 aromatic carbocycles. The van der Waals surface area contributed by atoms with Gasteiger partial charge in [0.05, 0.1) is 6.04 Å². The van der Waals surface area contributed by atoms with Crippen LogP contribution in [0.3, 0.4) is 0 Å².